The largest absolute Gasteiger partial charge is 0.397 e. The van der Waals surface area contributed by atoms with Crippen molar-refractivity contribution in [2.75, 3.05) is 50.6 Å². The van der Waals surface area contributed by atoms with E-state index in [2.05, 4.69) is 40.8 Å². The molecular formula is C33H50FN5O3. The van der Waals surface area contributed by atoms with Crippen molar-refractivity contribution in [2.45, 2.75) is 90.1 Å². The van der Waals surface area contributed by atoms with E-state index in [1.165, 1.54) is 12.8 Å². The van der Waals surface area contributed by atoms with Gasteiger partial charge in [0.2, 0.25) is 0 Å². The lowest BCUT2D eigenvalue weighted by atomic mass is 9.82. The van der Waals surface area contributed by atoms with Gasteiger partial charge >= 0.3 is 0 Å². The maximum absolute atomic E-state index is 15.1. The first kappa shape index (κ1) is 31.1. The van der Waals surface area contributed by atoms with E-state index in [0.717, 1.165) is 74.4 Å². The maximum Gasteiger partial charge on any atom is 0.178 e. The molecule has 232 valence electrons. The van der Waals surface area contributed by atoms with Gasteiger partial charge in [-0.05, 0) is 93.9 Å². The summed E-state index contributed by atoms with van der Waals surface area (Å²) in [4.78, 5) is 4.63. The van der Waals surface area contributed by atoms with Crippen LogP contribution in [0.25, 0.3) is 11.1 Å². The van der Waals surface area contributed by atoms with Crippen LogP contribution in [-0.2, 0) is 27.2 Å². The average Bonchev–Trinajstić information content (AvgIpc) is 3.46. The van der Waals surface area contributed by atoms with Gasteiger partial charge < -0.3 is 35.9 Å². The normalized spacial score (nSPS) is 23.6. The van der Waals surface area contributed by atoms with Gasteiger partial charge in [-0.2, -0.15) is 0 Å². The van der Waals surface area contributed by atoms with Crippen molar-refractivity contribution in [1.82, 2.24) is 15.6 Å². The van der Waals surface area contributed by atoms with Gasteiger partial charge in [-0.3, -0.25) is 4.98 Å². The van der Waals surface area contributed by atoms with Gasteiger partial charge in [0.1, 0.15) is 5.82 Å². The molecule has 3 fully saturated rings. The quantitative estimate of drug-likeness (QED) is 0.268. The molecule has 5 N–H and O–H groups in total. The van der Waals surface area contributed by atoms with E-state index in [1.807, 2.05) is 13.0 Å². The second-order valence-electron chi connectivity index (χ2n) is 12.5. The van der Waals surface area contributed by atoms with E-state index in [9.17, 15) is 0 Å². The predicted molar refractivity (Wildman–Crippen MR) is 166 cm³/mol. The number of aromatic nitrogens is 1. The number of benzene rings is 1. The molecule has 2 saturated heterocycles. The molecule has 0 amide bonds. The third-order valence-corrected chi connectivity index (χ3v) is 9.50. The van der Waals surface area contributed by atoms with E-state index >= 15 is 4.39 Å². The Morgan fingerprint density at radius 1 is 1.05 bits per heavy atom. The topological polar surface area (TPSA) is 103 Å². The minimum atomic E-state index is -0.481. The van der Waals surface area contributed by atoms with E-state index in [-0.39, 0.29) is 5.82 Å². The molecular weight excluding hydrogens is 533 g/mol. The van der Waals surface area contributed by atoms with Crippen LogP contribution >= 0.6 is 0 Å². The minimum Gasteiger partial charge on any atom is -0.397 e. The molecule has 42 heavy (non-hydrogen) atoms. The van der Waals surface area contributed by atoms with Crippen LogP contribution in [0.3, 0.4) is 0 Å². The number of halogens is 1. The molecule has 1 atom stereocenters. The number of rotatable bonds is 12. The van der Waals surface area contributed by atoms with E-state index in [0.29, 0.717) is 61.5 Å². The summed E-state index contributed by atoms with van der Waals surface area (Å²) >= 11 is 0. The fraction of sp³-hybridized carbons (Fsp3) is 0.667. The van der Waals surface area contributed by atoms with Crippen molar-refractivity contribution in [2.24, 2.45) is 11.8 Å². The molecule has 2 aliphatic heterocycles. The summed E-state index contributed by atoms with van der Waals surface area (Å²) in [6.45, 7) is 11.4. The van der Waals surface area contributed by atoms with Gasteiger partial charge in [-0.15, -0.1) is 0 Å². The maximum atomic E-state index is 15.1. The Morgan fingerprint density at radius 2 is 1.79 bits per heavy atom. The molecule has 2 aromatic rings. The number of nitrogen functional groups attached to an aromatic ring is 1. The summed E-state index contributed by atoms with van der Waals surface area (Å²) < 4.78 is 32.0. The number of nitrogens with zero attached hydrogens (tertiary/aromatic N) is 1. The molecule has 1 aliphatic carbocycles. The number of nitrogens with one attached hydrogen (secondary N) is 3. The molecule has 1 aromatic heterocycles. The number of anilines is 2. The molecule has 3 heterocycles. The van der Waals surface area contributed by atoms with Crippen LogP contribution in [-0.4, -0.2) is 62.4 Å². The highest BCUT2D eigenvalue weighted by Gasteiger charge is 2.32. The van der Waals surface area contributed by atoms with Crippen molar-refractivity contribution in [3.05, 3.63) is 41.5 Å². The van der Waals surface area contributed by atoms with Crippen LogP contribution in [0.1, 0.15) is 70.6 Å². The van der Waals surface area contributed by atoms with Gasteiger partial charge in [-0.1, -0.05) is 13.0 Å². The standard InChI is InChI=1S/C33H50FN5O3/c1-4-27-28(9-10-30(34)32(27)38-18-23-11-13-40-14-12-23)29-17-26(37-20-31(29)35)19-36-22(2)24-5-7-25(8-6-24)39-21-33(3)41-15-16-42-33/h9-10,17,20,22-25,36,38-39H,4-8,11-16,18-19,21,35H2,1-3H3. The molecule has 0 bridgehead atoms. The smallest absolute Gasteiger partial charge is 0.178 e. The van der Waals surface area contributed by atoms with E-state index < -0.39 is 5.79 Å². The van der Waals surface area contributed by atoms with Crippen LogP contribution in [0.4, 0.5) is 15.8 Å². The molecule has 5 rings (SSSR count). The number of hydrogen-bond acceptors (Lipinski definition) is 8. The monoisotopic (exact) mass is 583 g/mol. The fourth-order valence-electron chi connectivity index (χ4n) is 6.71. The van der Waals surface area contributed by atoms with Crippen LogP contribution in [0.5, 0.6) is 0 Å². The number of pyridine rings is 1. The first-order valence-corrected chi connectivity index (χ1v) is 16.0. The summed E-state index contributed by atoms with van der Waals surface area (Å²) in [6.07, 6.45) is 9.14. The van der Waals surface area contributed by atoms with Crippen LogP contribution < -0.4 is 21.7 Å². The summed E-state index contributed by atoms with van der Waals surface area (Å²) in [6, 6.07) is 6.37. The van der Waals surface area contributed by atoms with Crippen molar-refractivity contribution >= 4 is 11.4 Å². The summed E-state index contributed by atoms with van der Waals surface area (Å²) in [7, 11) is 0. The molecule has 1 aromatic carbocycles. The van der Waals surface area contributed by atoms with Gasteiger partial charge in [0.15, 0.2) is 5.79 Å². The fourth-order valence-corrected chi connectivity index (χ4v) is 6.71. The number of ether oxygens (including phenoxy) is 3. The van der Waals surface area contributed by atoms with Crippen molar-refractivity contribution in [1.29, 1.82) is 0 Å². The van der Waals surface area contributed by atoms with Gasteiger partial charge in [0, 0.05) is 50.5 Å². The second kappa shape index (κ2) is 14.4. The van der Waals surface area contributed by atoms with Crippen LogP contribution in [0.2, 0.25) is 0 Å². The highest BCUT2D eigenvalue weighted by molar-refractivity contribution is 5.82. The third-order valence-electron chi connectivity index (χ3n) is 9.50. The lowest BCUT2D eigenvalue weighted by molar-refractivity contribution is -0.139. The molecule has 1 unspecified atom stereocenters. The van der Waals surface area contributed by atoms with Crippen LogP contribution in [0.15, 0.2) is 24.4 Å². The Bertz CT molecular complexity index is 1160. The lowest BCUT2D eigenvalue weighted by Crippen LogP contribution is -2.45. The highest BCUT2D eigenvalue weighted by Crippen LogP contribution is 2.36. The Balaban J connectivity index is 1.18. The van der Waals surface area contributed by atoms with E-state index in [4.69, 9.17) is 19.9 Å². The van der Waals surface area contributed by atoms with Gasteiger partial charge in [0.25, 0.3) is 0 Å². The van der Waals surface area contributed by atoms with Crippen molar-refractivity contribution < 1.29 is 18.6 Å². The first-order chi connectivity index (χ1) is 20.3. The predicted octanol–water partition coefficient (Wildman–Crippen LogP) is 5.26. The van der Waals surface area contributed by atoms with E-state index in [1.54, 1.807) is 12.3 Å². The zero-order valence-electron chi connectivity index (χ0n) is 25.6. The van der Waals surface area contributed by atoms with Crippen molar-refractivity contribution in [3.8, 4) is 11.1 Å². The molecule has 0 radical (unpaired) electrons. The SMILES string of the molecule is CCc1c(-c2cc(CNC(C)C3CCC(NCC4(C)OCCO4)CC3)ncc2N)ccc(F)c1NCC1CCOCC1. The van der Waals surface area contributed by atoms with Gasteiger partial charge in [0.05, 0.1) is 36.5 Å². The second-order valence-corrected chi connectivity index (χ2v) is 12.5. The Kier molecular flexibility index (Phi) is 10.7. The first-order valence-electron chi connectivity index (χ1n) is 16.0. The van der Waals surface area contributed by atoms with Crippen LogP contribution in [0, 0.1) is 17.7 Å². The highest BCUT2D eigenvalue weighted by atomic mass is 19.1. The van der Waals surface area contributed by atoms with Crippen molar-refractivity contribution in [3.63, 3.8) is 0 Å². The zero-order chi connectivity index (χ0) is 29.5. The summed E-state index contributed by atoms with van der Waals surface area (Å²) in [5.74, 6) is 0.420. The Labute approximate surface area is 250 Å². The lowest BCUT2D eigenvalue weighted by Gasteiger charge is -2.34. The molecule has 1 saturated carbocycles. The number of nitrogens with two attached hydrogens (primary N) is 1. The third kappa shape index (κ3) is 7.80. The molecule has 0 spiro atoms. The Morgan fingerprint density at radius 3 is 2.50 bits per heavy atom. The molecule has 3 aliphatic rings. The number of hydrogen-bond donors (Lipinski definition) is 4. The zero-order valence-corrected chi connectivity index (χ0v) is 25.6. The summed E-state index contributed by atoms with van der Waals surface area (Å²) in [5.41, 5.74) is 11.4. The van der Waals surface area contributed by atoms with Gasteiger partial charge in [-0.25, -0.2) is 4.39 Å². The minimum absolute atomic E-state index is 0.217. The average molecular weight is 584 g/mol. The molecule has 9 heteroatoms. The Hall–Kier alpha value is -2.30. The molecule has 8 nitrogen and oxygen atoms in total. The summed E-state index contributed by atoms with van der Waals surface area (Å²) in [5, 5.41) is 10.8.